The van der Waals surface area contributed by atoms with E-state index in [1.54, 1.807) is 24.3 Å². The van der Waals surface area contributed by atoms with Crippen LogP contribution < -0.4 is 10.9 Å². The fourth-order valence-corrected chi connectivity index (χ4v) is 3.63. The van der Waals surface area contributed by atoms with Gasteiger partial charge in [-0.3, -0.25) is 14.5 Å². The summed E-state index contributed by atoms with van der Waals surface area (Å²) >= 11 is 0. The Bertz CT molecular complexity index is 1100. The van der Waals surface area contributed by atoms with Crippen molar-refractivity contribution in [2.45, 2.75) is 26.4 Å². The number of fused-ring (bicyclic) bond motifs is 1. The van der Waals surface area contributed by atoms with E-state index in [4.69, 9.17) is 4.74 Å². The average molecular weight is 406 g/mol. The summed E-state index contributed by atoms with van der Waals surface area (Å²) in [6, 6.07) is 14.8. The number of hydrogen-bond donors (Lipinski definition) is 1. The molecule has 7 heteroatoms. The van der Waals surface area contributed by atoms with Crippen LogP contribution in [0.1, 0.15) is 35.9 Å². The normalized spacial score (nSPS) is 14.9. The number of carbonyl (C=O) groups is 1. The van der Waals surface area contributed by atoms with Gasteiger partial charge >= 0.3 is 0 Å². The fraction of sp³-hybridized carbons (Fsp3) is 0.348. The molecular formula is C23H26N4O3. The number of hydrogen-bond acceptors (Lipinski definition) is 5. The van der Waals surface area contributed by atoms with Gasteiger partial charge in [0.15, 0.2) is 5.69 Å². The molecule has 0 radical (unpaired) electrons. The molecule has 1 aliphatic rings. The minimum absolute atomic E-state index is 0.145. The van der Waals surface area contributed by atoms with Gasteiger partial charge in [0.1, 0.15) is 0 Å². The number of benzene rings is 2. The van der Waals surface area contributed by atoms with Crippen molar-refractivity contribution in [2.24, 2.45) is 0 Å². The highest BCUT2D eigenvalue weighted by molar-refractivity contribution is 6.11. The summed E-state index contributed by atoms with van der Waals surface area (Å²) in [5, 5.41) is 8.33. The van der Waals surface area contributed by atoms with Crippen LogP contribution in [0.25, 0.3) is 10.8 Å². The molecule has 1 fully saturated rings. The molecule has 7 nitrogen and oxygen atoms in total. The first-order chi connectivity index (χ1) is 14.5. The molecule has 1 amide bonds. The number of amides is 1. The van der Waals surface area contributed by atoms with Crippen LogP contribution in [0.15, 0.2) is 53.3 Å². The van der Waals surface area contributed by atoms with Crippen molar-refractivity contribution in [3.63, 3.8) is 0 Å². The zero-order valence-electron chi connectivity index (χ0n) is 17.3. The lowest BCUT2D eigenvalue weighted by atomic mass is 10.1. The molecule has 0 saturated carbocycles. The summed E-state index contributed by atoms with van der Waals surface area (Å²) in [4.78, 5) is 28.0. The van der Waals surface area contributed by atoms with E-state index in [9.17, 15) is 9.59 Å². The third-order valence-electron chi connectivity index (χ3n) is 5.25. The first-order valence-corrected chi connectivity index (χ1v) is 10.2. The van der Waals surface area contributed by atoms with Gasteiger partial charge in [0.05, 0.1) is 24.6 Å². The van der Waals surface area contributed by atoms with E-state index in [1.807, 2.05) is 38.1 Å². The summed E-state index contributed by atoms with van der Waals surface area (Å²) in [6.07, 6.45) is 0. The van der Waals surface area contributed by atoms with Gasteiger partial charge in [-0.25, -0.2) is 4.68 Å². The van der Waals surface area contributed by atoms with Gasteiger partial charge in [-0.1, -0.05) is 30.3 Å². The zero-order chi connectivity index (χ0) is 21.1. The average Bonchev–Trinajstić information content (AvgIpc) is 2.76. The highest BCUT2D eigenvalue weighted by Crippen LogP contribution is 2.18. The Kier molecular flexibility index (Phi) is 5.92. The number of anilines is 1. The van der Waals surface area contributed by atoms with Crippen LogP contribution in [-0.4, -0.2) is 46.9 Å². The maximum atomic E-state index is 13.0. The van der Waals surface area contributed by atoms with Crippen LogP contribution in [0.4, 0.5) is 5.69 Å². The van der Waals surface area contributed by atoms with Crippen LogP contribution in [0.3, 0.4) is 0 Å². The van der Waals surface area contributed by atoms with Crippen molar-refractivity contribution < 1.29 is 9.53 Å². The van der Waals surface area contributed by atoms with Gasteiger partial charge in [-0.2, -0.15) is 5.10 Å². The number of carbonyl (C=O) groups excluding carboxylic acids is 1. The molecule has 1 aliphatic heterocycles. The van der Waals surface area contributed by atoms with E-state index in [0.29, 0.717) is 16.5 Å². The van der Waals surface area contributed by atoms with Gasteiger partial charge in [-0.05, 0) is 37.6 Å². The molecule has 156 valence electrons. The van der Waals surface area contributed by atoms with Crippen molar-refractivity contribution in [1.82, 2.24) is 14.7 Å². The van der Waals surface area contributed by atoms with Crippen molar-refractivity contribution >= 4 is 22.4 Å². The molecule has 2 heterocycles. The quantitative estimate of drug-likeness (QED) is 0.705. The van der Waals surface area contributed by atoms with Crippen molar-refractivity contribution in [3.8, 4) is 0 Å². The summed E-state index contributed by atoms with van der Waals surface area (Å²) in [6.45, 7) is 8.02. The molecule has 0 bridgehead atoms. The number of nitrogens with one attached hydrogen (secondary N) is 1. The Morgan fingerprint density at radius 2 is 1.73 bits per heavy atom. The first-order valence-electron chi connectivity index (χ1n) is 10.2. The van der Waals surface area contributed by atoms with Crippen LogP contribution in [-0.2, 0) is 11.3 Å². The maximum absolute atomic E-state index is 13.0. The highest BCUT2D eigenvalue weighted by Gasteiger charge is 2.18. The molecule has 0 aliphatic carbocycles. The Morgan fingerprint density at radius 3 is 2.40 bits per heavy atom. The Hall–Kier alpha value is -3.03. The van der Waals surface area contributed by atoms with Crippen molar-refractivity contribution in [1.29, 1.82) is 0 Å². The van der Waals surface area contributed by atoms with Crippen LogP contribution in [0, 0.1) is 0 Å². The molecule has 1 aromatic heterocycles. The molecule has 3 aromatic rings. The molecular weight excluding hydrogens is 380 g/mol. The number of morpholine rings is 1. The van der Waals surface area contributed by atoms with Crippen LogP contribution in [0.5, 0.6) is 0 Å². The van der Waals surface area contributed by atoms with Gasteiger partial charge in [-0.15, -0.1) is 0 Å². The Balaban J connectivity index is 1.56. The highest BCUT2D eigenvalue weighted by atomic mass is 16.5. The minimum Gasteiger partial charge on any atom is -0.379 e. The first kappa shape index (κ1) is 20.3. The number of nitrogens with zero attached hydrogens (tertiary/aromatic N) is 3. The molecule has 0 spiro atoms. The lowest BCUT2D eigenvalue weighted by Gasteiger charge is -2.26. The van der Waals surface area contributed by atoms with E-state index in [0.717, 1.165) is 32.8 Å². The van der Waals surface area contributed by atoms with E-state index in [-0.39, 0.29) is 23.2 Å². The Morgan fingerprint density at radius 1 is 1.07 bits per heavy atom. The van der Waals surface area contributed by atoms with Gasteiger partial charge in [0, 0.05) is 30.7 Å². The molecule has 0 unspecified atom stereocenters. The van der Waals surface area contributed by atoms with E-state index in [2.05, 4.69) is 15.3 Å². The number of aromatic nitrogens is 2. The second-order valence-electron chi connectivity index (χ2n) is 7.78. The number of rotatable bonds is 5. The molecule has 4 rings (SSSR count). The standard InChI is InChI=1S/C23H26N4O3/c1-16(2)27-23(29)20-6-4-3-5-19(20)21(25-27)22(28)24-18-9-7-17(8-10-18)15-26-11-13-30-14-12-26/h3-10,16H,11-15H2,1-2H3,(H,24,28). The molecule has 0 atom stereocenters. The summed E-state index contributed by atoms with van der Waals surface area (Å²) in [5.74, 6) is -0.332. The summed E-state index contributed by atoms with van der Waals surface area (Å²) < 4.78 is 6.75. The summed E-state index contributed by atoms with van der Waals surface area (Å²) in [7, 11) is 0. The summed E-state index contributed by atoms with van der Waals surface area (Å²) in [5.41, 5.74) is 1.94. The van der Waals surface area contributed by atoms with Gasteiger partial charge < -0.3 is 10.1 Å². The lowest BCUT2D eigenvalue weighted by Crippen LogP contribution is -2.35. The predicted octanol–water partition coefficient (Wildman–Crippen LogP) is 3.06. The zero-order valence-corrected chi connectivity index (χ0v) is 17.3. The second-order valence-corrected chi connectivity index (χ2v) is 7.78. The third-order valence-corrected chi connectivity index (χ3v) is 5.25. The van der Waals surface area contributed by atoms with E-state index < -0.39 is 0 Å². The van der Waals surface area contributed by atoms with Crippen LogP contribution in [0.2, 0.25) is 0 Å². The molecule has 30 heavy (non-hydrogen) atoms. The SMILES string of the molecule is CC(C)n1nc(C(=O)Nc2ccc(CN3CCOCC3)cc2)c2ccccc2c1=O. The van der Waals surface area contributed by atoms with Gasteiger partial charge in [0.25, 0.3) is 11.5 Å². The maximum Gasteiger partial charge on any atom is 0.276 e. The molecule has 2 aromatic carbocycles. The minimum atomic E-state index is -0.332. The molecule has 1 N–H and O–H groups in total. The third kappa shape index (κ3) is 4.27. The second kappa shape index (κ2) is 8.77. The van der Waals surface area contributed by atoms with Crippen molar-refractivity contribution in [3.05, 3.63) is 70.1 Å². The predicted molar refractivity (Wildman–Crippen MR) is 117 cm³/mol. The number of ether oxygens (including phenoxy) is 1. The topological polar surface area (TPSA) is 76.5 Å². The monoisotopic (exact) mass is 406 g/mol. The smallest absolute Gasteiger partial charge is 0.276 e. The van der Waals surface area contributed by atoms with Crippen LogP contribution >= 0.6 is 0 Å². The molecule has 1 saturated heterocycles. The fourth-order valence-electron chi connectivity index (χ4n) is 3.63. The Labute approximate surface area is 175 Å². The van der Waals surface area contributed by atoms with E-state index in [1.165, 1.54) is 10.2 Å². The van der Waals surface area contributed by atoms with Gasteiger partial charge in [0.2, 0.25) is 0 Å². The lowest BCUT2D eigenvalue weighted by molar-refractivity contribution is 0.0342. The van der Waals surface area contributed by atoms with Crippen molar-refractivity contribution in [2.75, 3.05) is 31.6 Å². The largest absolute Gasteiger partial charge is 0.379 e. The van der Waals surface area contributed by atoms with E-state index >= 15 is 0 Å².